The molecule has 244 valence electrons. The van der Waals surface area contributed by atoms with Crippen molar-refractivity contribution in [1.82, 2.24) is 5.32 Å². The van der Waals surface area contributed by atoms with Crippen molar-refractivity contribution in [2.75, 3.05) is 17.6 Å². The number of carbonyl (C=O) groups is 2. The highest BCUT2D eigenvalue weighted by atomic mass is 32.2. The van der Waals surface area contributed by atoms with E-state index in [1.807, 2.05) is 24.3 Å². The van der Waals surface area contributed by atoms with E-state index >= 15 is 0 Å². The number of rotatable bonds is 10. The second-order valence-corrected chi connectivity index (χ2v) is 13.9. The van der Waals surface area contributed by atoms with Crippen molar-refractivity contribution in [2.24, 2.45) is 0 Å². The van der Waals surface area contributed by atoms with Crippen molar-refractivity contribution in [3.63, 3.8) is 0 Å². The fourth-order valence-corrected chi connectivity index (χ4v) is 5.48. The Bertz CT molecular complexity index is 1980. The van der Waals surface area contributed by atoms with Crippen LogP contribution in [-0.2, 0) is 26.7 Å². The number of fused-ring (bicyclic) bond motifs is 1. The highest BCUT2D eigenvalue weighted by Gasteiger charge is 2.23. The first-order valence-electron chi connectivity index (χ1n) is 14.9. The molecule has 0 bridgehead atoms. The maximum Gasteiger partial charge on any atom is 0.266 e. The summed E-state index contributed by atoms with van der Waals surface area (Å²) in [6.45, 7) is 6.10. The topological polar surface area (TPSA) is 126 Å². The number of amides is 2. The predicted molar refractivity (Wildman–Crippen MR) is 177 cm³/mol. The first-order valence-corrected chi connectivity index (χ1v) is 16.5. The summed E-state index contributed by atoms with van der Waals surface area (Å²) in [6, 6.07) is 25.2. The SMILES string of the molecule is CC(C)(C)c1ccc(C(Cc2ccc(C(=O)NCCS(=O)(=O)O)cc2)C(=O)Nc2ccc(-c3cc4cc(F)c(F)cc4o3)cc2)cc1. The normalized spacial score (nSPS) is 12.6. The van der Waals surface area contributed by atoms with Crippen LogP contribution >= 0.6 is 0 Å². The fraction of sp³-hybridized carbons (Fsp3) is 0.222. The quantitative estimate of drug-likeness (QED) is 0.136. The maximum absolute atomic E-state index is 13.8. The molecule has 1 unspecified atom stereocenters. The van der Waals surface area contributed by atoms with Gasteiger partial charge in [0.25, 0.3) is 16.0 Å². The lowest BCUT2D eigenvalue weighted by Crippen LogP contribution is -2.28. The highest BCUT2D eigenvalue weighted by molar-refractivity contribution is 7.85. The van der Waals surface area contributed by atoms with Crippen LogP contribution in [0.25, 0.3) is 22.3 Å². The first kappa shape index (κ1) is 33.5. The van der Waals surface area contributed by atoms with Crippen molar-refractivity contribution < 1.29 is 35.8 Å². The minimum Gasteiger partial charge on any atom is -0.456 e. The lowest BCUT2D eigenvalue weighted by molar-refractivity contribution is -0.117. The monoisotopic (exact) mass is 660 g/mol. The van der Waals surface area contributed by atoms with Crippen molar-refractivity contribution >= 4 is 38.6 Å². The van der Waals surface area contributed by atoms with Crippen LogP contribution in [0.4, 0.5) is 14.5 Å². The second-order valence-electron chi connectivity index (χ2n) is 12.3. The Hall–Kier alpha value is -4.87. The summed E-state index contributed by atoms with van der Waals surface area (Å²) in [7, 11) is -4.19. The van der Waals surface area contributed by atoms with Gasteiger partial charge in [0.1, 0.15) is 11.3 Å². The summed E-state index contributed by atoms with van der Waals surface area (Å²) >= 11 is 0. The standard InChI is InChI=1S/C36H34F2N2O6S/c1-36(2,3)27-12-8-23(9-13-27)29(18-22-4-6-25(7-5-22)34(41)39-16-17-47(43,44)45)35(42)40-28-14-10-24(11-15-28)32-20-26-19-30(37)31(38)21-33(26)46-32/h4-15,19-21,29H,16-18H2,1-3H3,(H,39,41)(H,40,42)(H,43,44,45). The van der Waals surface area contributed by atoms with Gasteiger partial charge in [-0.05, 0) is 77.1 Å². The van der Waals surface area contributed by atoms with Crippen LogP contribution in [0.2, 0.25) is 0 Å². The van der Waals surface area contributed by atoms with Gasteiger partial charge in [-0.15, -0.1) is 0 Å². The number of anilines is 1. The lowest BCUT2D eigenvalue weighted by Gasteiger charge is -2.22. The van der Waals surface area contributed by atoms with E-state index in [1.165, 1.54) is 0 Å². The van der Waals surface area contributed by atoms with Gasteiger partial charge >= 0.3 is 0 Å². The molecule has 0 aliphatic heterocycles. The molecule has 0 aliphatic carbocycles. The molecule has 4 aromatic carbocycles. The molecule has 0 saturated heterocycles. The van der Waals surface area contributed by atoms with Gasteiger partial charge in [0.05, 0.1) is 11.7 Å². The van der Waals surface area contributed by atoms with E-state index in [2.05, 4.69) is 31.4 Å². The highest BCUT2D eigenvalue weighted by Crippen LogP contribution is 2.31. The van der Waals surface area contributed by atoms with E-state index < -0.39 is 39.3 Å². The van der Waals surface area contributed by atoms with Gasteiger partial charge in [-0.25, -0.2) is 8.78 Å². The van der Waals surface area contributed by atoms with Crippen LogP contribution in [-0.4, -0.2) is 37.1 Å². The van der Waals surface area contributed by atoms with Gasteiger partial charge in [0.2, 0.25) is 5.91 Å². The zero-order valence-electron chi connectivity index (χ0n) is 26.0. The molecule has 0 saturated carbocycles. The molecular weight excluding hydrogens is 626 g/mol. The van der Waals surface area contributed by atoms with E-state index in [-0.39, 0.29) is 23.4 Å². The van der Waals surface area contributed by atoms with E-state index in [9.17, 15) is 26.8 Å². The van der Waals surface area contributed by atoms with E-state index in [0.717, 1.165) is 28.8 Å². The van der Waals surface area contributed by atoms with Crippen molar-refractivity contribution in [2.45, 2.75) is 38.5 Å². The molecule has 11 heteroatoms. The van der Waals surface area contributed by atoms with E-state index in [1.54, 1.807) is 54.6 Å². The molecule has 1 heterocycles. The summed E-state index contributed by atoms with van der Waals surface area (Å²) < 4.78 is 63.7. The number of hydrogen-bond donors (Lipinski definition) is 3. The molecule has 0 aliphatic rings. The minimum atomic E-state index is -4.19. The summed E-state index contributed by atoms with van der Waals surface area (Å²) in [5.74, 6) is -3.43. The number of carbonyl (C=O) groups excluding carboxylic acids is 2. The number of hydrogen-bond acceptors (Lipinski definition) is 5. The molecule has 5 aromatic rings. The smallest absolute Gasteiger partial charge is 0.266 e. The zero-order valence-corrected chi connectivity index (χ0v) is 26.8. The largest absolute Gasteiger partial charge is 0.456 e. The third-order valence-corrected chi connectivity index (χ3v) is 8.51. The van der Waals surface area contributed by atoms with Crippen LogP contribution in [0.15, 0.2) is 95.4 Å². The summed E-state index contributed by atoms with van der Waals surface area (Å²) in [6.07, 6.45) is 0.329. The van der Waals surface area contributed by atoms with Gasteiger partial charge in [0, 0.05) is 34.8 Å². The molecule has 2 amide bonds. The minimum absolute atomic E-state index is 0.0715. The second kappa shape index (κ2) is 13.5. The Morgan fingerprint density at radius 3 is 2.13 bits per heavy atom. The first-order chi connectivity index (χ1) is 22.2. The van der Waals surface area contributed by atoms with Crippen molar-refractivity contribution in [3.8, 4) is 11.3 Å². The van der Waals surface area contributed by atoms with Gasteiger partial charge < -0.3 is 15.1 Å². The van der Waals surface area contributed by atoms with Crippen molar-refractivity contribution in [1.29, 1.82) is 0 Å². The Balaban J connectivity index is 1.34. The van der Waals surface area contributed by atoms with Crippen molar-refractivity contribution in [3.05, 3.63) is 125 Å². The number of halogens is 2. The van der Waals surface area contributed by atoms with E-state index in [0.29, 0.717) is 34.4 Å². The molecule has 47 heavy (non-hydrogen) atoms. The molecule has 0 fully saturated rings. The predicted octanol–water partition coefficient (Wildman–Crippen LogP) is 7.26. The summed E-state index contributed by atoms with van der Waals surface area (Å²) in [4.78, 5) is 26.2. The van der Waals surface area contributed by atoms with Crippen LogP contribution in [0.1, 0.15) is 53.7 Å². The molecule has 3 N–H and O–H groups in total. The van der Waals surface area contributed by atoms with E-state index in [4.69, 9.17) is 8.97 Å². The molecular formula is C36H34F2N2O6S. The zero-order chi connectivity index (χ0) is 33.9. The third kappa shape index (κ3) is 8.49. The van der Waals surface area contributed by atoms with Gasteiger partial charge in [0.15, 0.2) is 11.6 Å². The molecule has 1 aromatic heterocycles. The molecule has 8 nitrogen and oxygen atoms in total. The van der Waals surface area contributed by atoms with Gasteiger partial charge in [-0.3, -0.25) is 14.1 Å². The third-order valence-electron chi connectivity index (χ3n) is 7.79. The Kier molecular flexibility index (Phi) is 9.60. The fourth-order valence-electron chi connectivity index (χ4n) is 5.12. The van der Waals surface area contributed by atoms with Gasteiger partial charge in [-0.2, -0.15) is 8.42 Å². The maximum atomic E-state index is 13.8. The Morgan fingerprint density at radius 2 is 1.51 bits per heavy atom. The van der Waals surface area contributed by atoms with Crippen LogP contribution < -0.4 is 10.6 Å². The number of furan rings is 1. The van der Waals surface area contributed by atoms with Crippen LogP contribution in [0.3, 0.4) is 0 Å². The lowest BCUT2D eigenvalue weighted by atomic mass is 9.84. The summed E-state index contributed by atoms with van der Waals surface area (Å²) in [5.41, 5.74) is 4.39. The summed E-state index contributed by atoms with van der Waals surface area (Å²) in [5, 5.41) is 5.87. The average Bonchev–Trinajstić information content (AvgIpc) is 3.42. The molecule has 1 atom stereocenters. The molecule has 5 rings (SSSR count). The molecule has 0 radical (unpaired) electrons. The van der Waals surface area contributed by atoms with Crippen LogP contribution in [0.5, 0.6) is 0 Å². The van der Waals surface area contributed by atoms with Crippen LogP contribution in [0, 0.1) is 11.6 Å². The average molecular weight is 661 g/mol. The number of benzene rings is 4. The number of nitrogens with one attached hydrogen (secondary N) is 2. The Labute approximate surface area is 271 Å². The van der Waals surface area contributed by atoms with Gasteiger partial charge in [-0.1, -0.05) is 57.2 Å². The molecule has 0 spiro atoms. The Morgan fingerprint density at radius 1 is 0.872 bits per heavy atom.